The van der Waals surface area contributed by atoms with Gasteiger partial charge in [-0.1, -0.05) is 6.92 Å². The first-order valence-electron chi connectivity index (χ1n) is 6.74. The van der Waals surface area contributed by atoms with Crippen molar-refractivity contribution in [3.63, 3.8) is 0 Å². The quantitative estimate of drug-likeness (QED) is 0.743. The number of amides is 1. The smallest absolute Gasteiger partial charge is 0.222 e. The number of nitrogens with zero attached hydrogens (tertiary/aromatic N) is 3. The molecule has 1 aliphatic rings. The SMILES string of the molecule is CC(CN)CCC(=O)N1CCN(CCC#N)CC1. The molecule has 1 rings (SSSR count). The second-order valence-electron chi connectivity index (χ2n) is 5.01. The third kappa shape index (κ3) is 5.03. The van der Waals surface area contributed by atoms with E-state index in [4.69, 9.17) is 11.0 Å². The Hall–Kier alpha value is -1.12. The summed E-state index contributed by atoms with van der Waals surface area (Å²) in [7, 11) is 0. The van der Waals surface area contributed by atoms with Crippen molar-refractivity contribution < 1.29 is 4.79 Å². The van der Waals surface area contributed by atoms with Gasteiger partial charge < -0.3 is 10.6 Å². The third-order valence-corrected chi connectivity index (χ3v) is 3.52. The maximum Gasteiger partial charge on any atom is 0.222 e. The fourth-order valence-corrected chi connectivity index (χ4v) is 2.07. The average Bonchev–Trinajstić information content (AvgIpc) is 2.42. The van der Waals surface area contributed by atoms with Crippen LogP contribution in [0.5, 0.6) is 0 Å². The van der Waals surface area contributed by atoms with Gasteiger partial charge in [-0.15, -0.1) is 0 Å². The summed E-state index contributed by atoms with van der Waals surface area (Å²) in [5.41, 5.74) is 5.54. The fraction of sp³-hybridized carbons (Fsp3) is 0.846. The minimum Gasteiger partial charge on any atom is -0.340 e. The Kier molecular flexibility index (Phi) is 6.69. The lowest BCUT2D eigenvalue weighted by Crippen LogP contribution is -2.48. The molecule has 1 aliphatic heterocycles. The number of nitriles is 1. The van der Waals surface area contributed by atoms with Crippen LogP contribution in [-0.2, 0) is 4.79 Å². The number of rotatable bonds is 6. The van der Waals surface area contributed by atoms with Gasteiger partial charge in [-0.25, -0.2) is 0 Å². The second-order valence-corrected chi connectivity index (χ2v) is 5.01. The second kappa shape index (κ2) is 8.06. The highest BCUT2D eigenvalue weighted by Crippen LogP contribution is 2.09. The summed E-state index contributed by atoms with van der Waals surface area (Å²) in [6.07, 6.45) is 2.06. The van der Waals surface area contributed by atoms with Gasteiger partial charge in [0.15, 0.2) is 0 Å². The first-order chi connectivity index (χ1) is 8.67. The van der Waals surface area contributed by atoms with Crippen LogP contribution in [-0.4, -0.2) is 55.0 Å². The van der Waals surface area contributed by atoms with Crippen LogP contribution in [0.4, 0.5) is 0 Å². The Morgan fingerprint density at radius 2 is 2.06 bits per heavy atom. The number of hydrogen-bond acceptors (Lipinski definition) is 4. The molecule has 1 atom stereocenters. The van der Waals surface area contributed by atoms with Crippen LogP contribution in [0.1, 0.15) is 26.2 Å². The Morgan fingerprint density at radius 1 is 1.39 bits per heavy atom. The van der Waals surface area contributed by atoms with Crippen molar-refractivity contribution in [2.24, 2.45) is 11.7 Å². The summed E-state index contributed by atoms with van der Waals surface area (Å²) in [6.45, 7) is 6.91. The molecule has 0 aliphatic carbocycles. The summed E-state index contributed by atoms with van der Waals surface area (Å²) in [5, 5.41) is 8.53. The zero-order valence-electron chi connectivity index (χ0n) is 11.3. The molecule has 0 saturated carbocycles. The molecule has 2 N–H and O–H groups in total. The summed E-state index contributed by atoms with van der Waals surface area (Å²) >= 11 is 0. The minimum atomic E-state index is 0.246. The Bertz CT molecular complexity index is 292. The number of carbonyl (C=O) groups excluding carboxylic acids is 1. The minimum absolute atomic E-state index is 0.246. The standard InChI is InChI=1S/C13H24N4O/c1-12(11-15)3-4-13(18)17-9-7-16(8-10-17)6-2-5-14/h12H,2-4,6-11,15H2,1H3. The zero-order chi connectivity index (χ0) is 13.4. The first-order valence-corrected chi connectivity index (χ1v) is 6.74. The lowest BCUT2D eigenvalue weighted by molar-refractivity contribution is -0.133. The van der Waals surface area contributed by atoms with Gasteiger partial charge in [0.05, 0.1) is 6.07 Å². The van der Waals surface area contributed by atoms with Crippen molar-refractivity contribution in [3.8, 4) is 6.07 Å². The van der Waals surface area contributed by atoms with Crippen LogP contribution >= 0.6 is 0 Å². The van der Waals surface area contributed by atoms with E-state index in [9.17, 15) is 4.79 Å². The molecule has 1 unspecified atom stereocenters. The van der Waals surface area contributed by atoms with Gasteiger partial charge in [0.1, 0.15) is 0 Å². The van der Waals surface area contributed by atoms with Gasteiger partial charge in [-0.2, -0.15) is 5.26 Å². The van der Waals surface area contributed by atoms with Crippen molar-refractivity contribution in [3.05, 3.63) is 0 Å². The maximum atomic E-state index is 12.0. The predicted octanol–water partition coefficient (Wildman–Crippen LogP) is 0.419. The van der Waals surface area contributed by atoms with Crippen molar-refractivity contribution in [1.82, 2.24) is 9.80 Å². The third-order valence-electron chi connectivity index (χ3n) is 3.52. The van der Waals surface area contributed by atoms with Gasteiger partial charge in [0.2, 0.25) is 5.91 Å². The van der Waals surface area contributed by atoms with Gasteiger partial charge in [-0.3, -0.25) is 9.69 Å². The van der Waals surface area contributed by atoms with Gasteiger partial charge >= 0.3 is 0 Å². The highest BCUT2D eigenvalue weighted by molar-refractivity contribution is 5.76. The highest BCUT2D eigenvalue weighted by Gasteiger charge is 2.20. The molecule has 0 aromatic carbocycles. The molecule has 0 bridgehead atoms. The molecule has 1 fully saturated rings. The van der Waals surface area contributed by atoms with Crippen LogP contribution in [0.3, 0.4) is 0 Å². The first kappa shape index (κ1) is 14.9. The molecule has 0 aromatic rings. The molecule has 102 valence electrons. The van der Waals surface area contributed by atoms with Crippen LogP contribution in [0.15, 0.2) is 0 Å². The lowest BCUT2D eigenvalue weighted by atomic mass is 10.1. The van der Waals surface area contributed by atoms with E-state index in [2.05, 4.69) is 17.9 Å². The van der Waals surface area contributed by atoms with E-state index in [1.54, 1.807) is 0 Å². The summed E-state index contributed by atoms with van der Waals surface area (Å²) in [4.78, 5) is 16.1. The van der Waals surface area contributed by atoms with Gasteiger partial charge in [0.25, 0.3) is 0 Å². The van der Waals surface area contributed by atoms with Crippen LogP contribution < -0.4 is 5.73 Å². The van der Waals surface area contributed by atoms with E-state index in [1.165, 1.54) is 0 Å². The fourth-order valence-electron chi connectivity index (χ4n) is 2.07. The molecular formula is C13H24N4O. The number of carbonyl (C=O) groups is 1. The van der Waals surface area contributed by atoms with Crippen LogP contribution in [0.25, 0.3) is 0 Å². The predicted molar refractivity (Wildman–Crippen MR) is 70.7 cm³/mol. The molecule has 0 radical (unpaired) electrons. The molecule has 0 aromatic heterocycles. The molecule has 1 heterocycles. The summed E-state index contributed by atoms with van der Waals surface area (Å²) in [5.74, 6) is 0.668. The Labute approximate surface area is 110 Å². The number of nitrogens with two attached hydrogens (primary N) is 1. The average molecular weight is 252 g/mol. The largest absolute Gasteiger partial charge is 0.340 e. The van der Waals surface area contributed by atoms with E-state index < -0.39 is 0 Å². The van der Waals surface area contributed by atoms with Gasteiger partial charge in [0, 0.05) is 45.6 Å². The molecule has 18 heavy (non-hydrogen) atoms. The Balaban J connectivity index is 2.21. The van der Waals surface area contributed by atoms with E-state index in [0.717, 1.165) is 39.1 Å². The maximum absolute atomic E-state index is 12.0. The van der Waals surface area contributed by atoms with Crippen molar-refractivity contribution in [2.75, 3.05) is 39.3 Å². The molecule has 1 amide bonds. The number of piperazine rings is 1. The van der Waals surface area contributed by atoms with E-state index in [-0.39, 0.29) is 5.91 Å². The molecular weight excluding hydrogens is 228 g/mol. The topological polar surface area (TPSA) is 73.4 Å². The van der Waals surface area contributed by atoms with Crippen LogP contribution in [0.2, 0.25) is 0 Å². The van der Waals surface area contributed by atoms with E-state index in [0.29, 0.717) is 25.3 Å². The summed E-state index contributed by atoms with van der Waals surface area (Å²) in [6, 6.07) is 2.15. The van der Waals surface area contributed by atoms with Crippen LogP contribution in [0, 0.1) is 17.2 Å². The molecule has 5 heteroatoms. The molecule has 0 spiro atoms. The Morgan fingerprint density at radius 3 is 2.61 bits per heavy atom. The van der Waals surface area contributed by atoms with E-state index in [1.807, 2.05) is 4.90 Å². The monoisotopic (exact) mass is 252 g/mol. The van der Waals surface area contributed by atoms with Crippen molar-refractivity contribution in [2.45, 2.75) is 26.2 Å². The van der Waals surface area contributed by atoms with Gasteiger partial charge in [-0.05, 0) is 18.9 Å². The lowest BCUT2D eigenvalue weighted by Gasteiger charge is -2.34. The summed E-state index contributed by atoms with van der Waals surface area (Å²) < 4.78 is 0. The normalized spacial score (nSPS) is 18.4. The number of hydrogen-bond donors (Lipinski definition) is 1. The molecule has 5 nitrogen and oxygen atoms in total. The highest BCUT2D eigenvalue weighted by atomic mass is 16.2. The van der Waals surface area contributed by atoms with Crippen molar-refractivity contribution in [1.29, 1.82) is 5.26 Å². The van der Waals surface area contributed by atoms with E-state index >= 15 is 0 Å². The molecule has 1 saturated heterocycles. The van der Waals surface area contributed by atoms with Crippen molar-refractivity contribution >= 4 is 5.91 Å². The zero-order valence-corrected chi connectivity index (χ0v) is 11.3.